The molecule has 1 aliphatic heterocycles. The predicted octanol–water partition coefficient (Wildman–Crippen LogP) is 3.02. The van der Waals surface area contributed by atoms with Gasteiger partial charge >= 0.3 is 0 Å². The lowest BCUT2D eigenvalue weighted by Crippen LogP contribution is -2.34. The highest BCUT2D eigenvalue weighted by Gasteiger charge is 2.13. The van der Waals surface area contributed by atoms with Gasteiger partial charge in [-0.25, -0.2) is 0 Å². The third kappa shape index (κ3) is 3.19. The first kappa shape index (κ1) is 11.9. The van der Waals surface area contributed by atoms with E-state index in [1.165, 1.54) is 12.0 Å². The van der Waals surface area contributed by atoms with E-state index in [9.17, 15) is 4.79 Å². The smallest absolute Gasteiger partial charge is 0.246 e. The minimum atomic E-state index is 0.146. The molecule has 2 rings (SSSR count). The van der Waals surface area contributed by atoms with Crippen LogP contribution in [0.25, 0.3) is 6.08 Å². The summed E-state index contributed by atoms with van der Waals surface area (Å²) in [7, 11) is 0. The van der Waals surface area contributed by atoms with Crippen LogP contribution in [0, 0.1) is 6.92 Å². The van der Waals surface area contributed by atoms with Gasteiger partial charge in [0.05, 0.1) is 0 Å². The fraction of sp³-hybridized carbons (Fsp3) is 0.400. The Bertz CT molecular complexity index is 417. The van der Waals surface area contributed by atoms with Gasteiger partial charge in [-0.1, -0.05) is 24.3 Å². The molecule has 1 heterocycles. The number of carbonyl (C=O) groups excluding carboxylic acids is 1. The molecule has 17 heavy (non-hydrogen) atoms. The van der Waals surface area contributed by atoms with Gasteiger partial charge in [0.15, 0.2) is 0 Å². The summed E-state index contributed by atoms with van der Waals surface area (Å²) >= 11 is 0. The maximum Gasteiger partial charge on any atom is 0.246 e. The molecule has 1 aliphatic rings. The summed E-state index contributed by atoms with van der Waals surface area (Å²) in [5.74, 6) is 0.146. The summed E-state index contributed by atoms with van der Waals surface area (Å²) in [5.41, 5.74) is 2.33. The Labute approximate surface area is 103 Å². The molecule has 0 atom stereocenters. The highest BCUT2D eigenvalue weighted by atomic mass is 16.2. The number of nitrogens with zero attached hydrogens (tertiary/aromatic N) is 1. The third-order valence-electron chi connectivity index (χ3n) is 3.26. The summed E-state index contributed by atoms with van der Waals surface area (Å²) in [6.07, 6.45) is 7.17. The van der Waals surface area contributed by atoms with E-state index in [1.807, 2.05) is 29.2 Å². The Morgan fingerprint density at radius 3 is 2.59 bits per heavy atom. The van der Waals surface area contributed by atoms with Gasteiger partial charge in [0, 0.05) is 19.2 Å². The zero-order valence-corrected chi connectivity index (χ0v) is 10.4. The lowest BCUT2D eigenvalue weighted by Gasteiger charge is -2.25. The van der Waals surface area contributed by atoms with Gasteiger partial charge in [0.2, 0.25) is 5.91 Å². The van der Waals surface area contributed by atoms with E-state index in [1.54, 1.807) is 6.08 Å². The molecule has 2 heteroatoms. The SMILES string of the molecule is Cc1ccccc1/C=C/C(=O)N1CCCCC1. The van der Waals surface area contributed by atoms with Gasteiger partial charge in [-0.3, -0.25) is 4.79 Å². The Kier molecular flexibility index (Phi) is 3.97. The van der Waals surface area contributed by atoms with Gasteiger partial charge < -0.3 is 4.90 Å². The second kappa shape index (κ2) is 5.67. The van der Waals surface area contributed by atoms with Crippen molar-refractivity contribution in [3.05, 3.63) is 41.5 Å². The zero-order valence-electron chi connectivity index (χ0n) is 10.4. The van der Waals surface area contributed by atoms with Crippen LogP contribution in [-0.4, -0.2) is 23.9 Å². The molecular weight excluding hydrogens is 210 g/mol. The first-order valence-corrected chi connectivity index (χ1v) is 6.30. The van der Waals surface area contributed by atoms with Crippen LogP contribution in [0.15, 0.2) is 30.3 Å². The van der Waals surface area contributed by atoms with Crippen LogP contribution in [0.2, 0.25) is 0 Å². The summed E-state index contributed by atoms with van der Waals surface area (Å²) in [5, 5.41) is 0. The molecule has 0 radical (unpaired) electrons. The number of aryl methyl sites for hydroxylation is 1. The molecule has 1 aromatic carbocycles. The molecule has 0 bridgehead atoms. The molecule has 0 aliphatic carbocycles. The summed E-state index contributed by atoms with van der Waals surface area (Å²) < 4.78 is 0. The van der Waals surface area contributed by atoms with Crippen LogP contribution in [-0.2, 0) is 4.79 Å². The maximum atomic E-state index is 11.9. The molecule has 1 fully saturated rings. The molecule has 90 valence electrons. The van der Waals surface area contributed by atoms with E-state index >= 15 is 0 Å². The van der Waals surface area contributed by atoms with Gasteiger partial charge in [-0.05, 0) is 43.4 Å². The van der Waals surface area contributed by atoms with E-state index < -0.39 is 0 Å². The van der Waals surface area contributed by atoms with Gasteiger partial charge in [0.1, 0.15) is 0 Å². The topological polar surface area (TPSA) is 20.3 Å². The monoisotopic (exact) mass is 229 g/mol. The average Bonchev–Trinajstić information content (AvgIpc) is 2.38. The zero-order chi connectivity index (χ0) is 12.1. The number of amides is 1. The molecule has 1 amide bonds. The second-order valence-electron chi connectivity index (χ2n) is 4.58. The molecule has 0 N–H and O–H groups in total. The molecule has 0 saturated carbocycles. The first-order valence-electron chi connectivity index (χ1n) is 6.30. The number of carbonyl (C=O) groups is 1. The number of hydrogen-bond donors (Lipinski definition) is 0. The lowest BCUT2D eigenvalue weighted by molar-refractivity contribution is -0.126. The maximum absolute atomic E-state index is 11.9. The van der Waals surface area contributed by atoms with E-state index in [2.05, 4.69) is 13.0 Å². The van der Waals surface area contributed by atoms with Crippen molar-refractivity contribution in [2.24, 2.45) is 0 Å². The van der Waals surface area contributed by atoms with Crippen molar-refractivity contribution in [3.63, 3.8) is 0 Å². The lowest BCUT2D eigenvalue weighted by atomic mass is 10.1. The fourth-order valence-corrected chi connectivity index (χ4v) is 2.15. The van der Waals surface area contributed by atoms with Crippen molar-refractivity contribution in [1.82, 2.24) is 4.90 Å². The van der Waals surface area contributed by atoms with E-state index in [4.69, 9.17) is 0 Å². The van der Waals surface area contributed by atoms with E-state index in [0.29, 0.717) is 0 Å². The van der Waals surface area contributed by atoms with E-state index in [-0.39, 0.29) is 5.91 Å². The van der Waals surface area contributed by atoms with Crippen molar-refractivity contribution in [3.8, 4) is 0 Å². The van der Waals surface area contributed by atoms with Gasteiger partial charge in [-0.2, -0.15) is 0 Å². The van der Waals surface area contributed by atoms with Gasteiger partial charge in [-0.15, -0.1) is 0 Å². The Morgan fingerprint density at radius 1 is 1.18 bits per heavy atom. The van der Waals surface area contributed by atoms with Crippen LogP contribution >= 0.6 is 0 Å². The minimum Gasteiger partial charge on any atom is -0.339 e. The standard InChI is InChI=1S/C15H19NO/c1-13-7-3-4-8-14(13)9-10-15(17)16-11-5-2-6-12-16/h3-4,7-10H,2,5-6,11-12H2,1H3/b10-9+. The second-order valence-corrected chi connectivity index (χ2v) is 4.58. The summed E-state index contributed by atoms with van der Waals surface area (Å²) in [6, 6.07) is 8.11. The number of likely N-dealkylation sites (tertiary alicyclic amines) is 1. The summed E-state index contributed by atoms with van der Waals surface area (Å²) in [6.45, 7) is 3.89. The quantitative estimate of drug-likeness (QED) is 0.714. The van der Waals surface area contributed by atoms with Crippen LogP contribution in [0.4, 0.5) is 0 Å². The van der Waals surface area contributed by atoms with E-state index in [0.717, 1.165) is 31.5 Å². The molecule has 1 aromatic rings. The predicted molar refractivity (Wildman–Crippen MR) is 70.6 cm³/mol. The number of piperidine rings is 1. The van der Waals surface area contributed by atoms with Crippen LogP contribution < -0.4 is 0 Å². The van der Waals surface area contributed by atoms with Crippen LogP contribution in [0.1, 0.15) is 30.4 Å². The van der Waals surface area contributed by atoms with Crippen molar-refractivity contribution in [2.45, 2.75) is 26.2 Å². The number of hydrogen-bond acceptors (Lipinski definition) is 1. The normalized spacial score (nSPS) is 16.4. The number of rotatable bonds is 2. The largest absolute Gasteiger partial charge is 0.339 e. The van der Waals surface area contributed by atoms with Crippen molar-refractivity contribution >= 4 is 12.0 Å². The van der Waals surface area contributed by atoms with Crippen LogP contribution in [0.5, 0.6) is 0 Å². The summed E-state index contributed by atoms with van der Waals surface area (Å²) in [4.78, 5) is 13.9. The molecule has 2 nitrogen and oxygen atoms in total. The van der Waals surface area contributed by atoms with Crippen LogP contribution in [0.3, 0.4) is 0 Å². The third-order valence-corrected chi connectivity index (χ3v) is 3.26. The molecule has 0 spiro atoms. The first-order chi connectivity index (χ1) is 8.27. The number of benzene rings is 1. The van der Waals surface area contributed by atoms with Crippen molar-refractivity contribution in [2.75, 3.05) is 13.1 Å². The Hall–Kier alpha value is -1.57. The van der Waals surface area contributed by atoms with Crippen molar-refractivity contribution in [1.29, 1.82) is 0 Å². The highest BCUT2D eigenvalue weighted by Crippen LogP contribution is 2.12. The molecule has 1 saturated heterocycles. The Morgan fingerprint density at radius 2 is 1.88 bits per heavy atom. The van der Waals surface area contributed by atoms with Gasteiger partial charge in [0.25, 0.3) is 0 Å². The highest BCUT2D eigenvalue weighted by molar-refractivity contribution is 5.92. The minimum absolute atomic E-state index is 0.146. The fourth-order valence-electron chi connectivity index (χ4n) is 2.15. The average molecular weight is 229 g/mol. The van der Waals surface area contributed by atoms with Crippen molar-refractivity contribution < 1.29 is 4.79 Å². The molecule has 0 unspecified atom stereocenters. The Balaban J connectivity index is 2.00. The molecular formula is C15H19NO. The molecule has 0 aromatic heterocycles.